The quantitative estimate of drug-likeness (QED) is 0.294. The number of carbonyl (C=O) groups is 2. The fourth-order valence-corrected chi connectivity index (χ4v) is 5.64. The summed E-state index contributed by atoms with van der Waals surface area (Å²) in [7, 11) is 1.58. The van der Waals surface area contributed by atoms with Crippen LogP contribution in [0, 0.1) is 5.82 Å². The van der Waals surface area contributed by atoms with Crippen LogP contribution in [-0.2, 0) is 16.0 Å². The second kappa shape index (κ2) is 13.0. The van der Waals surface area contributed by atoms with Gasteiger partial charge in [-0.3, -0.25) is 9.59 Å². The van der Waals surface area contributed by atoms with E-state index in [0.717, 1.165) is 17.7 Å². The molecule has 1 aliphatic heterocycles. The molecule has 4 rings (SSSR count). The van der Waals surface area contributed by atoms with Gasteiger partial charge in [-0.15, -0.1) is 11.3 Å². The van der Waals surface area contributed by atoms with Crippen LogP contribution in [0.4, 0.5) is 4.39 Å². The minimum Gasteiger partial charge on any atom is -0.491 e. The molecule has 38 heavy (non-hydrogen) atoms. The lowest BCUT2D eigenvalue weighted by molar-refractivity contribution is -0.135. The summed E-state index contributed by atoms with van der Waals surface area (Å²) in [5, 5.41) is 2.04. The number of amides is 2. The molecule has 0 saturated carbocycles. The summed E-state index contributed by atoms with van der Waals surface area (Å²) in [6, 6.07) is 15.7. The molecule has 6 nitrogen and oxygen atoms in total. The Morgan fingerprint density at radius 3 is 2.61 bits per heavy atom. The zero-order valence-electron chi connectivity index (χ0n) is 22.2. The lowest BCUT2D eigenvalue weighted by Gasteiger charge is -2.37. The van der Waals surface area contributed by atoms with Gasteiger partial charge in [0.25, 0.3) is 5.91 Å². The molecule has 0 fully saturated rings. The van der Waals surface area contributed by atoms with Crippen molar-refractivity contribution in [2.75, 3.05) is 40.0 Å². The number of hydrogen-bond acceptors (Lipinski definition) is 5. The van der Waals surface area contributed by atoms with Crippen LogP contribution in [0.15, 0.2) is 60.0 Å². The molecule has 2 amide bonds. The number of rotatable bonds is 11. The minimum absolute atomic E-state index is 0.0405. The molecule has 2 heterocycles. The molecule has 2 aromatic carbocycles. The van der Waals surface area contributed by atoms with Crippen LogP contribution in [0.3, 0.4) is 0 Å². The summed E-state index contributed by atoms with van der Waals surface area (Å²) >= 11 is 1.69. The van der Waals surface area contributed by atoms with E-state index in [-0.39, 0.29) is 30.6 Å². The molecule has 202 valence electrons. The molecule has 8 heteroatoms. The van der Waals surface area contributed by atoms with Crippen LogP contribution in [0.25, 0.3) is 0 Å². The normalized spacial score (nSPS) is 14.9. The number of benzene rings is 2. The molecule has 0 bridgehead atoms. The number of fused-ring (bicyclic) bond motifs is 1. The predicted molar refractivity (Wildman–Crippen MR) is 147 cm³/mol. The van der Waals surface area contributed by atoms with Gasteiger partial charge in [0.2, 0.25) is 5.91 Å². The summed E-state index contributed by atoms with van der Waals surface area (Å²) in [5.74, 6) is -0.105. The number of methoxy groups -OCH3 is 1. The van der Waals surface area contributed by atoms with Crippen molar-refractivity contribution in [3.63, 3.8) is 0 Å². The molecule has 0 spiro atoms. The Morgan fingerprint density at radius 1 is 1.13 bits per heavy atom. The fraction of sp³-hybridized carbons (Fsp3) is 0.400. The molecule has 0 aliphatic carbocycles. The Labute approximate surface area is 228 Å². The molecule has 3 aromatic rings. The van der Waals surface area contributed by atoms with Gasteiger partial charge in [-0.25, -0.2) is 4.39 Å². The zero-order valence-corrected chi connectivity index (χ0v) is 23.0. The monoisotopic (exact) mass is 538 g/mol. The number of carbonyl (C=O) groups excluding carboxylic acids is 2. The van der Waals surface area contributed by atoms with Crippen molar-refractivity contribution in [1.29, 1.82) is 0 Å². The average Bonchev–Trinajstić information content (AvgIpc) is 3.40. The maximum absolute atomic E-state index is 14.4. The van der Waals surface area contributed by atoms with Crippen molar-refractivity contribution < 1.29 is 23.5 Å². The molecular formula is C30H35FN2O4S. The molecule has 1 atom stereocenters. The van der Waals surface area contributed by atoms with Crippen LogP contribution >= 0.6 is 11.3 Å². The van der Waals surface area contributed by atoms with E-state index in [1.54, 1.807) is 35.5 Å². The van der Waals surface area contributed by atoms with E-state index >= 15 is 0 Å². The number of halogens is 1. The van der Waals surface area contributed by atoms with Crippen molar-refractivity contribution in [3.8, 4) is 5.75 Å². The molecule has 0 saturated heterocycles. The number of hydrogen-bond donors (Lipinski definition) is 0. The summed E-state index contributed by atoms with van der Waals surface area (Å²) in [5.41, 5.74) is 2.28. The Balaban J connectivity index is 1.51. The largest absolute Gasteiger partial charge is 0.491 e. The zero-order chi connectivity index (χ0) is 27.1. The highest BCUT2D eigenvalue weighted by Crippen LogP contribution is 2.34. The maximum atomic E-state index is 14.4. The van der Waals surface area contributed by atoms with Gasteiger partial charge >= 0.3 is 0 Å². The second-order valence-corrected chi connectivity index (χ2v) is 10.7. The summed E-state index contributed by atoms with van der Waals surface area (Å²) < 4.78 is 25.7. The lowest BCUT2D eigenvalue weighted by atomic mass is 10.00. The van der Waals surface area contributed by atoms with E-state index in [1.807, 2.05) is 17.5 Å². The van der Waals surface area contributed by atoms with Gasteiger partial charge in [0, 0.05) is 31.7 Å². The van der Waals surface area contributed by atoms with Gasteiger partial charge < -0.3 is 19.3 Å². The SMILES string of the molecule is COCCCN(CC(=O)N1CCc2sccc2[C@H]1COc1ccc(C(C)C)cc1)C(=O)c1ccccc1F. The number of nitrogens with zero attached hydrogens (tertiary/aromatic N) is 2. The van der Waals surface area contributed by atoms with Gasteiger partial charge in [0.15, 0.2) is 0 Å². The van der Waals surface area contributed by atoms with E-state index in [9.17, 15) is 14.0 Å². The summed E-state index contributed by atoms with van der Waals surface area (Å²) in [6.45, 7) is 5.71. The van der Waals surface area contributed by atoms with Crippen molar-refractivity contribution >= 4 is 23.2 Å². The third-order valence-electron chi connectivity index (χ3n) is 6.86. The first-order valence-electron chi connectivity index (χ1n) is 13.0. The van der Waals surface area contributed by atoms with E-state index in [0.29, 0.717) is 32.1 Å². The first-order valence-corrected chi connectivity index (χ1v) is 13.9. The Bertz CT molecular complexity index is 1230. The van der Waals surface area contributed by atoms with Crippen molar-refractivity contribution in [2.45, 2.75) is 38.6 Å². The summed E-state index contributed by atoms with van der Waals surface area (Å²) in [4.78, 5) is 31.4. The van der Waals surface area contributed by atoms with Crippen molar-refractivity contribution in [3.05, 3.63) is 87.4 Å². The van der Waals surface area contributed by atoms with Gasteiger partial charge in [-0.05, 0) is 65.6 Å². The molecular weight excluding hydrogens is 503 g/mol. The smallest absolute Gasteiger partial charge is 0.257 e. The third kappa shape index (κ3) is 6.60. The van der Waals surface area contributed by atoms with E-state index in [2.05, 4.69) is 32.0 Å². The molecule has 1 aliphatic rings. The predicted octanol–water partition coefficient (Wildman–Crippen LogP) is 5.69. The van der Waals surface area contributed by atoms with Gasteiger partial charge in [0.1, 0.15) is 24.7 Å². The Morgan fingerprint density at radius 2 is 1.89 bits per heavy atom. The van der Waals surface area contributed by atoms with E-state index in [1.165, 1.54) is 27.5 Å². The number of thiophene rings is 1. The topological polar surface area (TPSA) is 59.1 Å². The van der Waals surface area contributed by atoms with Crippen molar-refractivity contribution in [2.24, 2.45) is 0 Å². The third-order valence-corrected chi connectivity index (χ3v) is 7.86. The maximum Gasteiger partial charge on any atom is 0.257 e. The first kappa shape index (κ1) is 27.8. The van der Waals surface area contributed by atoms with Gasteiger partial charge in [-0.2, -0.15) is 0 Å². The molecule has 0 unspecified atom stereocenters. The molecule has 1 aromatic heterocycles. The number of ether oxygens (including phenoxy) is 2. The van der Waals surface area contributed by atoms with Crippen LogP contribution in [-0.4, -0.2) is 61.6 Å². The molecule has 0 N–H and O–H groups in total. The molecule has 0 radical (unpaired) electrons. The van der Waals surface area contributed by atoms with E-state index < -0.39 is 11.7 Å². The van der Waals surface area contributed by atoms with Crippen molar-refractivity contribution in [1.82, 2.24) is 9.80 Å². The Kier molecular flexibility index (Phi) is 9.53. The highest BCUT2D eigenvalue weighted by atomic mass is 32.1. The standard InChI is InChI=1S/C30H35FN2O4S/c1-21(2)22-9-11-23(12-10-22)37-20-27-25-14-18-38-28(25)13-16-33(27)29(34)19-32(15-6-17-36-3)30(35)24-7-4-5-8-26(24)31/h4-5,7-12,14,18,21,27H,6,13,15-17,19-20H2,1-3H3/t27-/m1/s1. The first-order chi connectivity index (χ1) is 18.4. The van der Waals surface area contributed by atoms with E-state index in [4.69, 9.17) is 9.47 Å². The Hall–Kier alpha value is -3.23. The van der Waals surface area contributed by atoms with Gasteiger partial charge in [0.05, 0.1) is 11.6 Å². The minimum atomic E-state index is -0.600. The average molecular weight is 539 g/mol. The van der Waals surface area contributed by atoms with Crippen LogP contribution in [0.5, 0.6) is 5.75 Å². The van der Waals surface area contributed by atoms with Crippen LogP contribution in [0.2, 0.25) is 0 Å². The van der Waals surface area contributed by atoms with Gasteiger partial charge in [-0.1, -0.05) is 38.1 Å². The summed E-state index contributed by atoms with van der Waals surface area (Å²) in [6.07, 6.45) is 1.29. The highest BCUT2D eigenvalue weighted by molar-refractivity contribution is 7.10. The van der Waals surface area contributed by atoms with Crippen LogP contribution < -0.4 is 4.74 Å². The highest BCUT2D eigenvalue weighted by Gasteiger charge is 2.34. The lowest BCUT2D eigenvalue weighted by Crippen LogP contribution is -2.48. The van der Waals surface area contributed by atoms with Crippen LogP contribution in [0.1, 0.15) is 58.6 Å². The fourth-order valence-electron chi connectivity index (χ4n) is 4.71. The second-order valence-electron chi connectivity index (χ2n) is 9.74.